The molecule has 0 saturated carbocycles. The number of hydrogen-bond donors (Lipinski definition) is 2. The molecule has 0 aliphatic carbocycles. The summed E-state index contributed by atoms with van der Waals surface area (Å²) in [7, 11) is 1.31. The zero-order valence-corrected chi connectivity index (χ0v) is 26.5. The summed E-state index contributed by atoms with van der Waals surface area (Å²) >= 11 is 0.786. The van der Waals surface area contributed by atoms with Gasteiger partial charge in [0, 0.05) is 61.1 Å². The van der Waals surface area contributed by atoms with Gasteiger partial charge in [-0.3, -0.25) is 19.3 Å². The number of halogens is 1. The lowest BCUT2D eigenvalue weighted by Gasteiger charge is -2.31. The summed E-state index contributed by atoms with van der Waals surface area (Å²) in [6, 6.07) is 9.86. The van der Waals surface area contributed by atoms with Crippen molar-refractivity contribution in [2.75, 3.05) is 13.7 Å². The SMILES string of the molecule is COc1c(F)cccc1SNC(=O)C1=C(NCc2ccncc2OCc2cccn3ccnc23)CCN(C(=O)OC(C)(C)C)C1=O. The van der Waals surface area contributed by atoms with Gasteiger partial charge in [0.25, 0.3) is 11.8 Å². The summed E-state index contributed by atoms with van der Waals surface area (Å²) in [5, 5.41) is 3.20. The highest BCUT2D eigenvalue weighted by molar-refractivity contribution is 7.98. The van der Waals surface area contributed by atoms with Crippen molar-refractivity contribution in [3.05, 3.63) is 95.6 Å². The van der Waals surface area contributed by atoms with E-state index in [-0.39, 0.29) is 37.4 Å². The topological polar surface area (TPSA) is 136 Å². The van der Waals surface area contributed by atoms with Crippen LogP contribution in [0.2, 0.25) is 0 Å². The van der Waals surface area contributed by atoms with E-state index in [9.17, 15) is 18.8 Å². The molecule has 0 fully saturated rings. The van der Waals surface area contributed by atoms with Gasteiger partial charge in [-0.05, 0) is 57.0 Å². The number of amides is 3. The fourth-order valence-electron chi connectivity index (χ4n) is 4.70. The molecule has 0 unspecified atom stereocenters. The zero-order chi connectivity index (χ0) is 32.8. The van der Waals surface area contributed by atoms with E-state index in [1.54, 1.807) is 51.5 Å². The Morgan fingerprint density at radius 1 is 1.09 bits per heavy atom. The predicted octanol–water partition coefficient (Wildman–Crippen LogP) is 4.79. The van der Waals surface area contributed by atoms with Crippen LogP contribution in [0.1, 0.15) is 38.3 Å². The summed E-state index contributed by atoms with van der Waals surface area (Å²) in [6.07, 6.45) is 7.95. The average molecular weight is 649 g/mol. The molecule has 46 heavy (non-hydrogen) atoms. The summed E-state index contributed by atoms with van der Waals surface area (Å²) < 4.78 is 35.4. The number of imide groups is 1. The highest BCUT2D eigenvalue weighted by Crippen LogP contribution is 2.31. The minimum absolute atomic E-state index is 0.00819. The van der Waals surface area contributed by atoms with Crippen molar-refractivity contribution in [2.24, 2.45) is 0 Å². The summed E-state index contributed by atoms with van der Waals surface area (Å²) in [4.78, 5) is 49.9. The molecule has 12 nitrogen and oxygen atoms in total. The smallest absolute Gasteiger partial charge is 0.417 e. The van der Waals surface area contributed by atoms with Gasteiger partial charge in [-0.2, -0.15) is 0 Å². The molecular weight excluding hydrogens is 615 g/mol. The predicted molar refractivity (Wildman–Crippen MR) is 167 cm³/mol. The first-order chi connectivity index (χ1) is 22.1. The van der Waals surface area contributed by atoms with Gasteiger partial charge in [0.1, 0.15) is 29.2 Å². The van der Waals surface area contributed by atoms with E-state index < -0.39 is 29.3 Å². The lowest BCUT2D eigenvalue weighted by atomic mass is 10.0. The molecule has 4 heterocycles. The molecule has 0 saturated heterocycles. The minimum Gasteiger partial charge on any atom is -0.492 e. The number of rotatable bonds is 10. The van der Waals surface area contributed by atoms with Crippen LogP contribution in [0.4, 0.5) is 9.18 Å². The highest BCUT2D eigenvalue weighted by Gasteiger charge is 2.37. The maximum absolute atomic E-state index is 14.2. The van der Waals surface area contributed by atoms with Crippen molar-refractivity contribution in [1.82, 2.24) is 29.3 Å². The second kappa shape index (κ2) is 13.9. The van der Waals surface area contributed by atoms with Crippen LogP contribution in [0.25, 0.3) is 5.65 Å². The van der Waals surface area contributed by atoms with Crippen LogP contribution in [0.15, 0.2) is 83.5 Å². The van der Waals surface area contributed by atoms with Gasteiger partial charge in [0.05, 0.1) is 18.2 Å². The maximum atomic E-state index is 14.2. The number of nitrogens with one attached hydrogen (secondary N) is 2. The Balaban J connectivity index is 1.37. The third kappa shape index (κ3) is 7.40. The number of carbonyl (C=O) groups is 3. The van der Waals surface area contributed by atoms with E-state index in [0.717, 1.165) is 33.6 Å². The first kappa shape index (κ1) is 32.3. The Morgan fingerprint density at radius 3 is 2.70 bits per heavy atom. The molecule has 5 rings (SSSR count). The molecule has 3 aromatic heterocycles. The van der Waals surface area contributed by atoms with Crippen LogP contribution in [0.3, 0.4) is 0 Å². The number of carbonyl (C=O) groups excluding carboxylic acids is 3. The zero-order valence-electron chi connectivity index (χ0n) is 25.7. The van der Waals surface area contributed by atoms with Crippen molar-refractivity contribution in [3.8, 4) is 11.5 Å². The van der Waals surface area contributed by atoms with E-state index in [1.165, 1.54) is 19.2 Å². The Hall–Kier alpha value is -5.11. The van der Waals surface area contributed by atoms with Crippen LogP contribution in [-0.4, -0.2) is 56.4 Å². The fraction of sp³-hybridized carbons (Fsp3) is 0.281. The fourth-order valence-corrected chi connectivity index (χ4v) is 5.42. The minimum atomic E-state index is -0.862. The summed E-state index contributed by atoms with van der Waals surface area (Å²) in [6.45, 7) is 5.46. The van der Waals surface area contributed by atoms with Crippen LogP contribution in [0, 0.1) is 5.82 Å². The van der Waals surface area contributed by atoms with E-state index in [4.69, 9.17) is 14.2 Å². The van der Waals surface area contributed by atoms with Gasteiger partial charge < -0.3 is 23.9 Å². The quantitative estimate of drug-likeness (QED) is 0.183. The largest absolute Gasteiger partial charge is 0.492 e. The molecule has 1 aliphatic heterocycles. The molecule has 14 heteroatoms. The maximum Gasteiger partial charge on any atom is 0.417 e. The number of ether oxygens (including phenoxy) is 3. The molecule has 0 bridgehead atoms. The van der Waals surface area contributed by atoms with E-state index in [0.29, 0.717) is 16.3 Å². The summed E-state index contributed by atoms with van der Waals surface area (Å²) in [5.41, 5.74) is 1.56. The van der Waals surface area contributed by atoms with Crippen LogP contribution in [-0.2, 0) is 27.5 Å². The van der Waals surface area contributed by atoms with Gasteiger partial charge in [-0.25, -0.2) is 19.1 Å². The van der Waals surface area contributed by atoms with Gasteiger partial charge in [0.15, 0.2) is 11.6 Å². The van der Waals surface area contributed by atoms with Crippen molar-refractivity contribution in [1.29, 1.82) is 0 Å². The normalized spacial score (nSPS) is 13.5. The summed E-state index contributed by atoms with van der Waals surface area (Å²) in [5.74, 6) is -1.77. The molecule has 1 aliphatic rings. The number of hydrogen-bond acceptors (Lipinski definition) is 10. The number of fused-ring (bicyclic) bond motifs is 1. The molecule has 2 N–H and O–H groups in total. The van der Waals surface area contributed by atoms with Crippen LogP contribution < -0.4 is 19.5 Å². The van der Waals surface area contributed by atoms with Crippen molar-refractivity contribution in [2.45, 2.75) is 50.8 Å². The molecule has 3 amide bonds. The van der Waals surface area contributed by atoms with Gasteiger partial charge in [-0.1, -0.05) is 12.1 Å². The third-order valence-electron chi connectivity index (χ3n) is 6.82. The molecule has 0 radical (unpaired) electrons. The second-order valence-electron chi connectivity index (χ2n) is 11.2. The number of para-hydroxylation sites is 1. The Labute approximate surface area is 269 Å². The lowest BCUT2D eigenvalue weighted by Crippen LogP contribution is -2.48. The molecule has 0 atom stereocenters. The first-order valence-corrected chi connectivity index (χ1v) is 15.1. The number of methoxy groups -OCH3 is 1. The standard InChI is InChI=1S/C32H33FN6O6S/c1-32(2,3)45-31(42)39-15-11-23(26(30(39)41)29(40)37-46-25-9-5-8-22(33)27(25)43-4)36-17-20-10-12-34-18-24(20)44-19-21-7-6-14-38-16-13-35-28(21)38/h5-10,12-14,16,18,36H,11,15,17,19H2,1-4H3,(H,37,40). The number of aromatic nitrogens is 3. The molecule has 4 aromatic rings. The lowest BCUT2D eigenvalue weighted by molar-refractivity contribution is -0.130. The monoisotopic (exact) mass is 648 g/mol. The van der Waals surface area contributed by atoms with Crippen LogP contribution >= 0.6 is 11.9 Å². The third-order valence-corrected chi connectivity index (χ3v) is 7.65. The van der Waals surface area contributed by atoms with E-state index in [2.05, 4.69) is 20.0 Å². The van der Waals surface area contributed by atoms with Gasteiger partial charge >= 0.3 is 6.09 Å². The Morgan fingerprint density at radius 2 is 1.91 bits per heavy atom. The molecular formula is C32H33FN6O6S. The van der Waals surface area contributed by atoms with Gasteiger partial charge in [0.2, 0.25) is 0 Å². The van der Waals surface area contributed by atoms with Crippen molar-refractivity contribution in [3.63, 3.8) is 0 Å². The number of imidazole rings is 1. The number of benzene rings is 1. The van der Waals surface area contributed by atoms with E-state index >= 15 is 0 Å². The second-order valence-corrected chi connectivity index (χ2v) is 12.0. The van der Waals surface area contributed by atoms with Crippen LogP contribution in [0.5, 0.6) is 11.5 Å². The molecule has 1 aromatic carbocycles. The molecule has 0 spiro atoms. The molecule has 240 valence electrons. The number of pyridine rings is 2. The highest BCUT2D eigenvalue weighted by atomic mass is 32.2. The number of nitrogens with zero attached hydrogens (tertiary/aromatic N) is 4. The Bertz CT molecular complexity index is 1800. The Kier molecular flexibility index (Phi) is 9.75. The van der Waals surface area contributed by atoms with Gasteiger partial charge in [-0.15, -0.1) is 0 Å². The van der Waals surface area contributed by atoms with E-state index in [1.807, 2.05) is 28.9 Å². The average Bonchev–Trinajstić information content (AvgIpc) is 3.51. The first-order valence-electron chi connectivity index (χ1n) is 14.3. The van der Waals surface area contributed by atoms with Crippen molar-refractivity contribution >= 4 is 35.5 Å². The van der Waals surface area contributed by atoms with Crippen molar-refractivity contribution < 1.29 is 33.0 Å².